The fraction of sp³-hybridized carbons (Fsp3) is 0.875. The van der Waals surface area contributed by atoms with Crippen LogP contribution in [-0.2, 0) is 42.2 Å². The Labute approximate surface area is 105 Å². The second kappa shape index (κ2) is 12.7. The normalized spacial score (nSPS) is 16.5. The van der Waals surface area contributed by atoms with Gasteiger partial charge in [-0.1, -0.05) is 0 Å². The molecule has 1 saturated heterocycles. The van der Waals surface area contributed by atoms with Gasteiger partial charge in [0.15, 0.2) is 0 Å². The summed E-state index contributed by atoms with van der Waals surface area (Å²) in [6.07, 6.45) is 1.62. The van der Waals surface area contributed by atoms with Crippen molar-refractivity contribution in [2.45, 2.75) is 6.42 Å². The van der Waals surface area contributed by atoms with Crippen molar-refractivity contribution in [1.29, 1.82) is 0 Å². The van der Waals surface area contributed by atoms with E-state index < -0.39 is 0 Å². The van der Waals surface area contributed by atoms with Crippen LogP contribution < -0.4 is 0 Å². The monoisotopic (exact) mass is 262 g/mol. The number of nitrogens with one attached hydrogen (secondary N) is 1. The quantitative estimate of drug-likeness (QED) is 0.699. The summed E-state index contributed by atoms with van der Waals surface area (Å²) in [5.41, 5.74) is 5.75. The molecule has 1 heterocycles. The second-order valence-electron chi connectivity index (χ2n) is 2.41. The first kappa shape index (κ1) is 16.1. The molecule has 1 fully saturated rings. The van der Waals surface area contributed by atoms with Gasteiger partial charge in [-0.2, -0.15) is 7.05 Å². The Balaban J connectivity index is 0. The van der Waals surface area contributed by atoms with Crippen LogP contribution in [-0.4, -0.2) is 51.1 Å². The van der Waals surface area contributed by atoms with Crippen molar-refractivity contribution in [3.05, 3.63) is 5.73 Å². The Bertz CT molecular complexity index is 108. The summed E-state index contributed by atoms with van der Waals surface area (Å²) in [6, 6.07) is 0. The Morgan fingerprint density at radius 1 is 1.38 bits per heavy atom. The van der Waals surface area contributed by atoms with E-state index in [0.717, 1.165) is 39.1 Å². The number of carbonyl (C=O) groups excluding carboxylic acids is 1. The van der Waals surface area contributed by atoms with Gasteiger partial charge in [-0.3, -0.25) is 4.90 Å². The SMILES string of the molecule is C[NH-].O=CCCN1CCOCC1.[Y]. The molecule has 1 rings (SSSR count). The van der Waals surface area contributed by atoms with E-state index in [1.165, 1.54) is 7.05 Å². The van der Waals surface area contributed by atoms with Crippen molar-refractivity contribution in [1.82, 2.24) is 4.90 Å². The average molecular weight is 262 g/mol. The first-order valence-electron chi connectivity index (χ1n) is 4.17. The van der Waals surface area contributed by atoms with Gasteiger partial charge < -0.3 is 15.3 Å². The molecule has 1 aliphatic rings. The van der Waals surface area contributed by atoms with Crippen LogP contribution in [0, 0.1) is 0 Å². The molecule has 1 N–H and O–H groups in total. The minimum absolute atomic E-state index is 0. The molecule has 5 heteroatoms. The minimum atomic E-state index is 0. The fourth-order valence-corrected chi connectivity index (χ4v) is 1.06. The average Bonchev–Trinajstić information content (AvgIpc) is 2.19. The van der Waals surface area contributed by atoms with Gasteiger partial charge in [0.25, 0.3) is 0 Å². The van der Waals surface area contributed by atoms with Crippen LogP contribution in [0.25, 0.3) is 5.73 Å². The molecule has 4 nitrogen and oxygen atoms in total. The van der Waals surface area contributed by atoms with Gasteiger partial charge >= 0.3 is 0 Å². The molecule has 0 spiro atoms. The van der Waals surface area contributed by atoms with Crippen LogP contribution in [0.3, 0.4) is 0 Å². The van der Waals surface area contributed by atoms with Crippen LogP contribution in [0.2, 0.25) is 0 Å². The molecule has 0 aliphatic carbocycles. The summed E-state index contributed by atoms with van der Waals surface area (Å²) in [4.78, 5) is 12.2. The summed E-state index contributed by atoms with van der Waals surface area (Å²) in [6.45, 7) is 4.49. The second-order valence-corrected chi connectivity index (χ2v) is 2.41. The molecule has 0 amide bonds. The number of morpholine rings is 1. The maximum absolute atomic E-state index is 9.99. The van der Waals surface area contributed by atoms with Crippen molar-refractivity contribution in [2.24, 2.45) is 0 Å². The zero-order valence-electron chi connectivity index (χ0n) is 8.16. The third-order valence-electron chi connectivity index (χ3n) is 1.67. The number of carbonyl (C=O) groups is 1. The largest absolute Gasteiger partial charge is 0.680 e. The Morgan fingerprint density at radius 3 is 2.38 bits per heavy atom. The van der Waals surface area contributed by atoms with Gasteiger partial charge in [0.05, 0.1) is 13.2 Å². The van der Waals surface area contributed by atoms with E-state index in [9.17, 15) is 4.79 Å². The molecule has 0 aromatic rings. The summed E-state index contributed by atoms with van der Waals surface area (Å²) in [5, 5.41) is 0. The molecule has 0 saturated carbocycles. The van der Waals surface area contributed by atoms with Crippen LogP contribution in [0.5, 0.6) is 0 Å². The maximum Gasteiger partial charge on any atom is 0.121 e. The Morgan fingerprint density at radius 2 is 1.92 bits per heavy atom. The van der Waals surface area contributed by atoms with E-state index in [4.69, 9.17) is 10.5 Å². The Hall–Kier alpha value is 0.654. The van der Waals surface area contributed by atoms with E-state index in [-0.39, 0.29) is 32.7 Å². The van der Waals surface area contributed by atoms with E-state index >= 15 is 0 Å². The Kier molecular flexibility index (Phi) is 15.7. The molecule has 0 unspecified atom stereocenters. The molecule has 0 aromatic carbocycles. The number of ether oxygens (including phenoxy) is 1. The first-order chi connectivity index (χ1) is 5.93. The zero-order valence-corrected chi connectivity index (χ0v) is 11.0. The predicted octanol–water partition coefficient (Wildman–Crippen LogP) is 0.573. The topological polar surface area (TPSA) is 53.3 Å². The number of hydrogen-bond acceptors (Lipinski definition) is 3. The zero-order chi connectivity index (χ0) is 9.23. The van der Waals surface area contributed by atoms with Gasteiger partial charge in [-0.15, -0.1) is 0 Å². The van der Waals surface area contributed by atoms with E-state index in [0.29, 0.717) is 6.42 Å². The van der Waals surface area contributed by atoms with E-state index in [1.54, 1.807) is 0 Å². The van der Waals surface area contributed by atoms with Crippen LogP contribution in [0.4, 0.5) is 0 Å². The van der Waals surface area contributed by atoms with Crippen molar-refractivity contribution in [2.75, 3.05) is 39.9 Å². The van der Waals surface area contributed by atoms with Crippen molar-refractivity contribution in [3.8, 4) is 0 Å². The minimum Gasteiger partial charge on any atom is -0.680 e. The van der Waals surface area contributed by atoms with Crippen molar-refractivity contribution < 1.29 is 42.2 Å². The number of rotatable bonds is 3. The molecule has 0 atom stereocenters. The van der Waals surface area contributed by atoms with Gasteiger partial charge in [0, 0.05) is 58.8 Å². The molecule has 1 radical (unpaired) electrons. The molecule has 0 aromatic heterocycles. The molecule has 0 bridgehead atoms. The van der Waals surface area contributed by atoms with E-state index in [1.807, 2.05) is 0 Å². The first-order valence-corrected chi connectivity index (χ1v) is 4.17. The van der Waals surface area contributed by atoms with Crippen LogP contribution in [0.1, 0.15) is 6.42 Å². The van der Waals surface area contributed by atoms with Gasteiger partial charge in [0.2, 0.25) is 0 Å². The standard InChI is InChI=1S/C7H13NO2.CH4N.Y/c9-5-1-2-8-3-6-10-7-4-8;1-2;/h5H,1-4,6-7H2;2H,1H3;/q;-1;. The third kappa shape index (κ3) is 8.97. The fourth-order valence-electron chi connectivity index (χ4n) is 1.06. The summed E-state index contributed by atoms with van der Waals surface area (Å²) < 4.78 is 5.15. The van der Waals surface area contributed by atoms with Crippen molar-refractivity contribution in [3.63, 3.8) is 0 Å². The summed E-state index contributed by atoms with van der Waals surface area (Å²) >= 11 is 0. The molecular weight excluding hydrogens is 245 g/mol. The number of aldehydes is 1. The molecule has 13 heavy (non-hydrogen) atoms. The molecule has 75 valence electrons. The smallest absolute Gasteiger partial charge is 0.121 e. The van der Waals surface area contributed by atoms with Crippen molar-refractivity contribution >= 4 is 6.29 Å². The van der Waals surface area contributed by atoms with E-state index in [2.05, 4.69) is 4.90 Å². The maximum atomic E-state index is 9.99. The summed E-state index contributed by atoms with van der Waals surface area (Å²) in [5.74, 6) is 0. The van der Waals surface area contributed by atoms with Gasteiger partial charge in [-0.25, -0.2) is 0 Å². The molecular formula is C8H17N2O2Y-. The predicted molar refractivity (Wildman–Crippen MR) is 48.2 cm³/mol. The third-order valence-corrected chi connectivity index (χ3v) is 1.67. The number of nitrogens with zero attached hydrogens (tertiary/aromatic N) is 1. The van der Waals surface area contributed by atoms with Crippen LogP contribution >= 0.6 is 0 Å². The van der Waals surface area contributed by atoms with Gasteiger partial charge in [-0.05, 0) is 0 Å². The number of hydrogen-bond donors (Lipinski definition) is 0. The van der Waals surface area contributed by atoms with Gasteiger partial charge in [0.1, 0.15) is 6.29 Å². The van der Waals surface area contributed by atoms with Crippen LogP contribution in [0.15, 0.2) is 0 Å². The summed E-state index contributed by atoms with van der Waals surface area (Å²) in [7, 11) is 1.25. The molecule has 1 aliphatic heterocycles.